The van der Waals surface area contributed by atoms with Crippen molar-refractivity contribution >= 4 is 16.5 Å². The number of nitrogens with zero attached hydrogens (tertiary/aromatic N) is 2. The van der Waals surface area contributed by atoms with Crippen molar-refractivity contribution in [1.82, 2.24) is 0 Å². The highest BCUT2D eigenvalue weighted by atomic mass is 15.1. The van der Waals surface area contributed by atoms with Gasteiger partial charge in [-0.15, -0.1) is 0 Å². The van der Waals surface area contributed by atoms with Crippen LogP contribution in [0.2, 0.25) is 0 Å². The molecule has 0 saturated heterocycles. The van der Waals surface area contributed by atoms with Crippen LogP contribution in [0.5, 0.6) is 0 Å². The third-order valence-electron chi connectivity index (χ3n) is 3.72. The van der Waals surface area contributed by atoms with Crippen LogP contribution in [0.3, 0.4) is 0 Å². The molecule has 2 nitrogen and oxygen atoms in total. The summed E-state index contributed by atoms with van der Waals surface area (Å²) in [4.78, 5) is 2.19. The molecule has 0 heterocycles. The minimum atomic E-state index is 0.720. The van der Waals surface area contributed by atoms with Gasteiger partial charge in [-0.2, -0.15) is 5.26 Å². The number of hydrogen-bond acceptors (Lipinski definition) is 2. The minimum Gasteiger partial charge on any atom is -0.370 e. The lowest BCUT2D eigenvalue weighted by molar-refractivity contribution is 0.924. The van der Waals surface area contributed by atoms with Crippen molar-refractivity contribution in [2.24, 2.45) is 0 Å². The van der Waals surface area contributed by atoms with Crippen molar-refractivity contribution in [1.29, 1.82) is 5.26 Å². The van der Waals surface area contributed by atoms with Crippen LogP contribution in [-0.4, -0.2) is 7.05 Å². The molecule has 3 aromatic rings. The third kappa shape index (κ3) is 2.59. The fourth-order valence-electron chi connectivity index (χ4n) is 2.65. The molecule has 0 bridgehead atoms. The summed E-state index contributed by atoms with van der Waals surface area (Å²) >= 11 is 0. The van der Waals surface area contributed by atoms with Gasteiger partial charge < -0.3 is 4.90 Å². The summed E-state index contributed by atoms with van der Waals surface area (Å²) in [5.41, 5.74) is 2.97. The zero-order valence-electron chi connectivity index (χ0n) is 12.0. The molecule has 0 atom stereocenters. The fourth-order valence-corrected chi connectivity index (χ4v) is 2.65. The first kappa shape index (κ1) is 13.2. The van der Waals surface area contributed by atoms with Gasteiger partial charge in [-0.05, 0) is 23.1 Å². The molecule has 0 unspecified atom stereocenters. The molecule has 0 saturated carbocycles. The normalized spacial score (nSPS) is 10.3. The highest BCUT2D eigenvalue weighted by Gasteiger charge is 2.08. The largest absolute Gasteiger partial charge is 0.370 e. The Morgan fingerprint density at radius 3 is 2.48 bits per heavy atom. The Kier molecular flexibility index (Phi) is 3.57. The number of benzene rings is 3. The van der Waals surface area contributed by atoms with Crippen LogP contribution in [0.25, 0.3) is 10.8 Å². The topological polar surface area (TPSA) is 27.0 Å². The summed E-state index contributed by atoms with van der Waals surface area (Å²) in [6.07, 6.45) is 0. The second kappa shape index (κ2) is 5.68. The molecule has 0 spiro atoms. The van der Waals surface area contributed by atoms with Gasteiger partial charge in [0, 0.05) is 24.7 Å². The Labute approximate surface area is 124 Å². The first-order chi connectivity index (χ1) is 10.3. The van der Waals surface area contributed by atoms with Gasteiger partial charge >= 0.3 is 0 Å². The Bertz CT molecular complexity index is 810. The highest BCUT2D eigenvalue weighted by molar-refractivity contribution is 5.94. The highest BCUT2D eigenvalue weighted by Crippen LogP contribution is 2.27. The lowest BCUT2D eigenvalue weighted by atomic mass is 10.1. The second-order valence-electron chi connectivity index (χ2n) is 5.12. The van der Waals surface area contributed by atoms with Gasteiger partial charge in [0.1, 0.15) is 0 Å². The summed E-state index contributed by atoms with van der Waals surface area (Å²) in [6.45, 7) is 0.720. The van der Waals surface area contributed by atoms with Gasteiger partial charge in [0.05, 0.1) is 11.6 Å². The molecule has 102 valence electrons. The Morgan fingerprint density at radius 1 is 0.905 bits per heavy atom. The van der Waals surface area contributed by atoms with E-state index in [2.05, 4.69) is 60.5 Å². The zero-order valence-corrected chi connectivity index (χ0v) is 12.0. The van der Waals surface area contributed by atoms with Crippen LogP contribution in [0.15, 0.2) is 66.7 Å². The molecule has 0 aliphatic carbocycles. The number of fused-ring (bicyclic) bond motifs is 1. The molecule has 0 amide bonds. The lowest BCUT2D eigenvalue weighted by Gasteiger charge is -2.22. The number of nitriles is 1. The number of rotatable bonds is 3. The maximum absolute atomic E-state index is 9.21. The average Bonchev–Trinajstić information content (AvgIpc) is 2.54. The quantitative estimate of drug-likeness (QED) is 0.709. The van der Waals surface area contributed by atoms with E-state index in [-0.39, 0.29) is 0 Å². The van der Waals surface area contributed by atoms with E-state index >= 15 is 0 Å². The van der Waals surface area contributed by atoms with E-state index in [4.69, 9.17) is 0 Å². The van der Waals surface area contributed by atoms with Gasteiger partial charge in [-0.1, -0.05) is 54.6 Å². The van der Waals surface area contributed by atoms with E-state index in [9.17, 15) is 5.26 Å². The van der Waals surface area contributed by atoms with Crippen molar-refractivity contribution in [3.63, 3.8) is 0 Å². The Hall–Kier alpha value is -2.79. The van der Waals surface area contributed by atoms with Gasteiger partial charge in [0.25, 0.3) is 0 Å². The fraction of sp³-hybridized carbons (Fsp3) is 0.105. The average molecular weight is 272 g/mol. The van der Waals surface area contributed by atoms with E-state index in [0.29, 0.717) is 0 Å². The van der Waals surface area contributed by atoms with Crippen LogP contribution in [0.1, 0.15) is 11.1 Å². The SMILES string of the molecule is CN(Cc1ccccc1C#N)c1cccc2ccccc12. The molecule has 21 heavy (non-hydrogen) atoms. The summed E-state index contributed by atoms with van der Waals surface area (Å²) in [5.74, 6) is 0. The zero-order chi connectivity index (χ0) is 14.7. The predicted molar refractivity (Wildman–Crippen MR) is 87.2 cm³/mol. The summed E-state index contributed by atoms with van der Waals surface area (Å²) in [5, 5.41) is 11.7. The molecule has 0 aliphatic heterocycles. The summed E-state index contributed by atoms with van der Waals surface area (Å²) < 4.78 is 0. The summed E-state index contributed by atoms with van der Waals surface area (Å²) in [7, 11) is 2.07. The van der Waals surface area contributed by atoms with Crippen molar-refractivity contribution in [3.8, 4) is 6.07 Å². The van der Waals surface area contributed by atoms with Crippen LogP contribution < -0.4 is 4.90 Å². The first-order valence-electron chi connectivity index (χ1n) is 6.96. The smallest absolute Gasteiger partial charge is 0.0995 e. The molecule has 0 aliphatic rings. The second-order valence-corrected chi connectivity index (χ2v) is 5.12. The van der Waals surface area contributed by atoms with E-state index in [0.717, 1.165) is 17.7 Å². The first-order valence-corrected chi connectivity index (χ1v) is 6.96. The molecular weight excluding hydrogens is 256 g/mol. The maximum Gasteiger partial charge on any atom is 0.0995 e. The standard InChI is InChI=1S/C19H16N2/c1-21(14-17-9-3-2-8-16(17)13-20)19-12-6-10-15-7-4-5-11-18(15)19/h2-12H,14H2,1H3. The van der Waals surface area contributed by atoms with E-state index in [1.165, 1.54) is 16.5 Å². The van der Waals surface area contributed by atoms with Crippen LogP contribution in [0.4, 0.5) is 5.69 Å². The molecule has 0 aromatic heterocycles. The van der Waals surface area contributed by atoms with Crippen molar-refractivity contribution in [3.05, 3.63) is 77.9 Å². The molecule has 0 radical (unpaired) electrons. The Morgan fingerprint density at radius 2 is 1.62 bits per heavy atom. The Balaban J connectivity index is 1.98. The van der Waals surface area contributed by atoms with Crippen LogP contribution in [-0.2, 0) is 6.54 Å². The van der Waals surface area contributed by atoms with E-state index < -0.39 is 0 Å². The summed E-state index contributed by atoms with van der Waals surface area (Å²) in [6, 6.07) is 24.7. The van der Waals surface area contributed by atoms with Crippen molar-refractivity contribution < 1.29 is 0 Å². The van der Waals surface area contributed by atoms with Crippen molar-refractivity contribution in [2.45, 2.75) is 6.54 Å². The minimum absolute atomic E-state index is 0.720. The molecular formula is C19H16N2. The predicted octanol–water partition coefficient (Wildman–Crippen LogP) is 4.35. The number of anilines is 1. The van der Waals surface area contributed by atoms with Crippen LogP contribution >= 0.6 is 0 Å². The molecule has 0 fully saturated rings. The van der Waals surface area contributed by atoms with Gasteiger partial charge in [-0.25, -0.2) is 0 Å². The van der Waals surface area contributed by atoms with Crippen molar-refractivity contribution in [2.75, 3.05) is 11.9 Å². The van der Waals surface area contributed by atoms with Gasteiger partial charge in [0.2, 0.25) is 0 Å². The number of hydrogen-bond donors (Lipinski definition) is 0. The van der Waals surface area contributed by atoms with E-state index in [1.54, 1.807) is 0 Å². The van der Waals surface area contributed by atoms with Gasteiger partial charge in [0.15, 0.2) is 0 Å². The van der Waals surface area contributed by atoms with E-state index in [1.807, 2.05) is 24.3 Å². The third-order valence-corrected chi connectivity index (χ3v) is 3.72. The van der Waals surface area contributed by atoms with Gasteiger partial charge in [-0.3, -0.25) is 0 Å². The molecule has 3 rings (SSSR count). The monoisotopic (exact) mass is 272 g/mol. The molecule has 3 aromatic carbocycles. The molecule has 0 N–H and O–H groups in total. The lowest BCUT2D eigenvalue weighted by Crippen LogP contribution is -2.17. The molecule has 2 heteroatoms. The van der Waals surface area contributed by atoms with Crippen LogP contribution in [0, 0.1) is 11.3 Å². The maximum atomic E-state index is 9.21.